The number of hydrogen-bond acceptors (Lipinski definition) is 5. The normalized spacial score (nSPS) is 29.7. The fourth-order valence-corrected chi connectivity index (χ4v) is 5.25. The molecule has 28 heavy (non-hydrogen) atoms. The Morgan fingerprint density at radius 1 is 1.14 bits per heavy atom. The molecule has 4 atom stereocenters. The van der Waals surface area contributed by atoms with E-state index in [1.54, 1.807) is 12.1 Å². The lowest BCUT2D eigenvalue weighted by Crippen LogP contribution is -2.38. The number of primary sulfonamides is 1. The van der Waals surface area contributed by atoms with Gasteiger partial charge in [-0.15, -0.1) is 12.4 Å². The van der Waals surface area contributed by atoms with Crippen LogP contribution in [-0.4, -0.2) is 50.8 Å². The van der Waals surface area contributed by atoms with Crippen molar-refractivity contribution in [3.05, 3.63) is 24.3 Å². The number of benzene rings is 1. The number of carbonyl (C=O) groups is 2. The second kappa shape index (κ2) is 7.62. The molecule has 2 heterocycles. The molecule has 0 radical (unpaired) electrons. The maximum atomic E-state index is 12.9. The Kier molecular flexibility index (Phi) is 5.73. The van der Waals surface area contributed by atoms with Gasteiger partial charge in [0, 0.05) is 37.8 Å². The third-order valence-corrected chi connectivity index (χ3v) is 7.07. The van der Waals surface area contributed by atoms with E-state index in [-0.39, 0.29) is 48.1 Å². The van der Waals surface area contributed by atoms with Crippen LogP contribution < -0.4 is 15.8 Å². The molecule has 3 fully saturated rings. The maximum Gasteiger partial charge on any atom is 0.238 e. The molecule has 1 aromatic rings. The van der Waals surface area contributed by atoms with Gasteiger partial charge in [0.2, 0.25) is 21.8 Å². The zero-order chi connectivity index (χ0) is 19.3. The van der Waals surface area contributed by atoms with Crippen LogP contribution >= 0.6 is 12.4 Å². The largest absolute Gasteiger partial charge is 0.342 e. The first-order chi connectivity index (χ1) is 12.7. The molecule has 4 unspecified atom stereocenters. The van der Waals surface area contributed by atoms with Gasteiger partial charge >= 0.3 is 0 Å². The Balaban J connectivity index is 0.00000225. The van der Waals surface area contributed by atoms with Gasteiger partial charge in [0.15, 0.2) is 0 Å². The third-order valence-electron chi connectivity index (χ3n) is 6.16. The Hall–Kier alpha value is -1.68. The summed E-state index contributed by atoms with van der Waals surface area (Å²) in [7, 11) is -3.85. The zero-order valence-electron chi connectivity index (χ0n) is 15.4. The van der Waals surface area contributed by atoms with Gasteiger partial charge in [0.25, 0.3) is 0 Å². The summed E-state index contributed by atoms with van der Waals surface area (Å²) in [6.45, 7) is 1.66. The molecule has 10 heteroatoms. The van der Waals surface area contributed by atoms with E-state index in [1.807, 2.05) is 4.90 Å². The number of fused-ring (bicyclic) bond motifs is 1. The van der Waals surface area contributed by atoms with Crippen molar-refractivity contribution >= 4 is 39.9 Å². The highest BCUT2D eigenvalue weighted by Crippen LogP contribution is 2.38. The van der Waals surface area contributed by atoms with Crippen molar-refractivity contribution in [3.8, 4) is 0 Å². The van der Waals surface area contributed by atoms with Gasteiger partial charge in [-0.05, 0) is 42.9 Å². The van der Waals surface area contributed by atoms with E-state index in [2.05, 4.69) is 0 Å². The standard InChI is InChI=1S/C18H24N4O4S.ClH/c19-16-5-4-11-8-21(10-15(11)16)18(24)12-6-17(23)22(9-12)13-2-1-3-14(7-13)27(20,25)26;/h1-3,7,11-12,15-16H,4-6,8-10,19H2,(H2,20,25,26);1H. The summed E-state index contributed by atoms with van der Waals surface area (Å²) in [5, 5.41) is 5.17. The number of rotatable bonds is 3. The van der Waals surface area contributed by atoms with Gasteiger partial charge in [-0.2, -0.15) is 0 Å². The fraction of sp³-hybridized carbons (Fsp3) is 0.556. The Bertz CT molecular complexity index is 893. The molecule has 1 aliphatic carbocycles. The summed E-state index contributed by atoms with van der Waals surface area (Å²) in [5.74, 6) is 0.244. The number of sulfonamides is 1. The smallest absolute Gasteiger partial charge is 0.238 e. The van der Waals surface area contributed by atoms with E-state index in [1.165, 1.54) is 17.0 Å². The van der Waals surface area contributed by atoms with E-state index in [0.717, 1.165) is 19.4 Å². The second-order valence-electron chi connectivity index (χ2n) is 7.86. The van der Waals surface area contributed by atoms with E-state index in [4.69, 9.17) is 10.9 Å². The summed E-state index contributed by atoms with van der Waals surface area (Å²) >= 11 is 0. The van der Waals surface area contributed by atoms with Crippen molar-refractivity contribution in [1.82, 2.24) is 4.90 Å². The molecule has 2 aliphatic heterocycles. The summed E-state index contributed by atoms with van der Waals surface area (Å²) in [4.78, 5) is 28.7. The van der Waals surface area contributed by atoms with E-state index in [9.17, 15) is 18.0 Å². The number of likely N-dealkylation sites (tertiary alicyclic amines) is 1. The number of halogens is 1. The van der Waals surface area contributed by atoms with Gasteiger partial charge in [0.1, 0.15) is 0 Å². The van der Waals surface area contributed by atoms with Crippen LogP contribution in [0.25, 0.3) is 0 Å². The van der Waals surface area contributed by atoms with Gasteiger partial charge < -0.3 is 15.5 Å². The summed E-state index contributed by atoms with van der Waals surface area (Å²) in [5.41, 5.74) is 6.59. The van der Waals surface area contributed by atoms with Crippen molar-refractivity contribution in [2.24, 2.45) is 28.6 Å². The topological polar surface area (TPSA) is 127 Å². The molecule has 0 bridgehead atoms. The quantitative estimate of drug-likeness (QED) is 0.716. The number of amides is 2. The van der Waals surface area contributed by atoms with Crippen LogP contribution in [0.2, 0.25) is 0 Å². The van der Waals surface area contributed by atoms with Crippen molar-refractivity contribution in [2.75, 3.05) is 24.5 Å². The van der Waals surface area contributed by atoms with Crippen molar-refractivity contribution in [2.45, 2.75) is 30.2 Å². The predicted molar refractivity (Wildman–Crippen MR) is 106 cm³/mol. The first-order valence-electron chi connectivity index (χ1n) is 9.21. The van der Waals surface area contributed by atoms with E-state index >= 15 is 0 Å². The Morgan fingerprint density at radius 3 is 2.57 bits per heavy atom. The van der Waals surface area contributed by atoms with Crippen LogP contribution in [-0.2, 0) is 19.6 Å². The van der Waals surface area contributed by atoms with Crippen LogP contribution in [0.3, 0.4) is 0 Å². The van der Waals surface area contributed by atoms with Crippen molar-refractivity contribution < 1.29 is 18.0 Å². The lowest BCUT2D eigenvalue weighted by Gasteiger charge is -2.22. The summed E-state index contributed by atoms with van der Waals surface area (Å²) in [6.07, 6.45) is 2.22. The average Bonchev–Trinajstić information content (AvgIpc) is 3.30. The molecule has 154 valence electrons. The molecular formula is C18H25ClN4O4S. The highest BCUT2D eigenvalue weighted by molar-refractivity contribution is 7.89. The Labute approximate surface area is 170 Å². The Morgan fingerprint density at radius 2 is 1.89 bits per heavy atom. The first-order valence-corrected chi connectivity index (χ1v) is 10.8. The van der Waals surface area contributed by atoms with Gasteiger partial charge in [-0.25, -0.2) is 13.6 Å². The number of anilines is 1. The van der Waals surface area contributed by atoms with Gasteiger partial charge in [-0.1, -0.05) is 6.07 Å². The third kappa shape index (κ3) is 3.76. The van der Waals surface area contributed by atoms with Crippen LogP contribution in [0.15, 0.2) is 29.2 Å². The summed E-state index contributed by atoms with van der Waals surface area (Å²) < 4.78 is 23.1. The molecule has 0 aromatic heterocycles. The predicted octanol–water partition coefficient (Wildman–Crippen LogP) is 0.304. The molecular weight excluding hydrogens is 404 g/mol. The second-order valence-corrected chi connectivity index (χ2v) is 9.42. The number of hydrogen-bond donors (Lipinski definition) is 2. The van der Waals surface area contributed by atoms with E-state index < -0.39 is 15.9 Å². The molecule has 4 N–H and O–H groups in total. The number of nitrogens with zero attached hydrogens (tertiary/aromatic N) is 2. The van der Waals surface area contributed by atoms with E-state index in [0.29, 0.717) is 24.1 Å². The SMILES string of the molecule is Cl.NC1CCC2CN(C(=O)C3CC(=O)N(c4cccc(S(N)(=O)=O)c4)C3)CC12. The molecule has 1 saturated carbocycles. The molecule has 0 spiro atoms. The van der Waals surface area contributed by atoms with Gasteiger partial charge in [0.05, 0.1) is 10.8 Å². The monoisotopic (exact) mass is 428 g/mol. The minimum atomic E-state index is -3.85. The number of nitrogens with two attached hydrogens (primary N) is 2. The minimum Gasteiger partial charge on any atom is -0.342 e. The number of carbonyl (C=O) groups excluding carboxylic acids is 2. The highest BCUT2D eigenvalue weighted by Gasteiger charge is 2.45. The average molecular weight is 429 g/mol. The van der Waals surface area contributed by atoms with Crippen LogP contribution in [0, 0.1) is 17.8 Å². The van der Waals surface area contributed by atoms with Crippen LogP contribution in [0.4, 0.5) is 5.69 Å². The lowest BCUT2D eigenvalue weighted by molar-refractivity contribution is -0.135. The van der Waals surface area contributed by atoms with Gasteiger partial charge in [-0.3, -0.25) is 9.59 Å². The zero-order valence-corrected chi connectivity index (χ0v) is 17.0. The molecule has 3 aliphatic rings. The lowest BCUT2D eigenvalue weighted by atomic mass is 9.98. The first kappa shape index (κ1) is 21.0. The molecule has 4 rings (SSSR count). The van der Waals surface area contributed by atoms with Crippen LogP contribution in [0.5, 0.6) is 0 Å². The maximum absolute atomic E-state index is 12.9. The molecule has 8 nitrogen and oxygen atoms in total. The fourth-order valence-electron chi connectivity index (χ4n) is 4.70. The van der Waals surface area contributed by atoms with Crippen molar-refractivity contribution in [1.29, 1.82) is 0 Å². The molecule has 2 amide bonds. The molecule has 2 saturated heterocycles. The molecule has 1 aromatic carbocycles. The summed E-state index contributed by atoms with van der Waals surface area (Å²) in [6, 6.07) is 6.11. The van der Waals surface area contributed by atoms with Crippen LogP contribution in [0.1, 0.15) is 19.3 Å². The minimum absolute atomic E-state index is 0. The highest BCUT2D eigenvalue weighted by atomic mass is 35.5. The van der Waals surface area contributed by atoms with Crippen molar-refractivity contribution in [3.63, 3.8) is 0 Å².